The number of nitrogens with one attached hydrogen (secondary N) is 3. The molecule has 9 heteroatoms. The molecule has 2 heterocycles. The first kappa shape index (κ1) is 13.5. The number of hydrogen-bond donors (Lipinski definition) is 3. The van der Waals surface area contributed by atoms with Gasteiger partial charge < -0.3 is 14.5 Å². The van der Waals surface area contributed by atoms with Crippen LogP contribution in [-0.2, 0) is 4.74 Å². The number of hydrazine groups is 1. The van der Waals surface area contributed by atoms with Crippen LogP contribution in [0, 0.1) is 10.1 Å². The summed E-state index contributed by atoms with van der Waals surface area (Å²) in [6.07, 6.45) is 4.87. The highest BCUT2D eigenvalue weighted by atomic mass is 16.6. The van der Waals surface area contributed by atoms with Gasteiger partial charge in [0.05, 0.1) is 18.4 Å². The van der Waals surface area contributed by atoms with Crippen LogP contribution in [0.3, 0.4) is 0 Å². The topological polar surface area (TPSA) is 114 Å². The van der Waals surface area contributed by atoms with Crippen LogP contribution in [0.1, 0.15) is 6.92 Å². The summed E-state index contributed by atoms with van der Waals surface area (Å²) < 4.78 is 10.1. The third-order valence-electron chi connectivity index (χ3n) is 2.17. The van der Waals surface area contributed by atoms with E-state index in [0.717, 1.165) is 5.70 Å². The van der Waals surface area contributed by atoms with Gasteiger partial charge in [-0.1, -0.05) is 0 Å². The van der Waals surface area contributed by atoms with Gasteiger partial charge in [-0.3, -0.25) is 21.0 Å². The molecule has 9 nitrogen and oxygen atoms in total. The SMILES string of the molecule is CCOC=C1C=CN=C(NNc2ccc([N+](=O)[O-])o2)N1. The minimum absolute atomic E-state index is 0.200. The number of furan rings is 1. The Morgan fingerprint density at radius 2 is 2.40 bits per heavy atom. The summed E-state index contributed by atoms with van der Waals surface area (Å²) in [7, 11) is 0. The lowest BCUT2D eigenvalue weighted by molar-refractivity contribution is -0.401. The van der Waals surface area contributed by atoms with Crippen molar-refractivity contribution < 1.29 is 14.1 Å². The molecule has 0 spiro atoms. The zero-order chi connectivity index (χ0) is 14.4. The van der Waals surface area contributed by atoms with Crippen LogP contribution in [0.2, 0.25) is 0 Å². The molecule has 1 aromatic heterocycles. The van der Waals surface area contributed by atoms with Crippen LogP contribution in [0.5, 0.6) is 0 Å². The maximum Gasteiger partial charge on any atom is 0.434 e. The molecule has 0 aliphatic carbocycles. The Morgan fingerprint density at radius 1 is 1.55 bits per heavy atom. The molecular weight excluding hydrogens is 266 g/mol. The van der Waals surface area contributed by atoms with Gasteiger partial charge in [0.25, 0.3) is 0 Å². The van der Waals surface area contributed by atoms with Crippen molar-refractivity contribution in [2.24, 2.45) is 4.99 Å². The maximum absolute atomic E-state index is 10.5. The summed E-state index contributed by atoms with van der Waals surface area (Å²) in [5, 5.41) is 13.4. The summed E-state index contributed by atoms with van der Waals surface area (Å²) in [6, 6.07) is 2.68. The first-order valence-electron chi connectivity index (χ1n) is 5.78. The highest BCUT2D eigenvalue weighted by Crippen LogP contribution is 2.18. The second-order valence-electron chi connectivity index (χ2n) is 3.59. The standard InChI is InChI=1S/C11H13N5O4/c1-2-19-7-8-5-6-12-11(13-8)15-14-9-3-4-10(20-9)16(17)18/h3-7,14H,2H2,1H3,(H2,12,13,15). The van der Waals surface area contributed by atoms with Gasteiger partial charge in [0.2, 0.25) is 11.8 Å². The lowest BCUT2D eigenvalue weighted by Crippen LogP contribution is -2.40. The second-order valence-corrected chi connectivity index (χ2v) is 3.59. The Bertz CT molecular complexity index is 575. The predicted octanol–water partition coefficient (Wildman–Crippen LogP) is 1.46. The van der Waals surface area contributed by atoms with Crippen LogP contribution in [0.15, 0.2) is 45.8 Å². The molecule has 0 saturated carbocycles. The number of rotatable bonds is 5. The van der Waals surface area contributed by atoms with E-state index in [-0.39, 0.29) is 11.8 Å². The minimum atomic E-state index is -0.618. The van der Waals surface area contributed by atoms with Crippen LogP contribution in [-0.4, -0.2) is 17.5 Å². The number of hydrogen-bond acceptors (Lipinski definition) is 8. The molecule has 2 rings (SSSR count). The first-order valence-corrected chi connectivity index (χ1v) is 5.78. The van der Waals surface area contributed by atoms with Gasteiger partial charge in [0.15, 0.2) is 0 Å². The molecule has 0 atom stereocenters. The van der Waals surface area contributed by atoms with E-state index in [0.29, 0.717) is 12.6 Å². The van der Waals surface area contributed by atoms with Crippen molar-refractivity contribution in [3.8, 4) is 0 Å². The van der Waals surface area contributed by atoms with Crippen molar-refractivity contribution in [1.29, 1.82) is 0 Å². The molecule has 0 fully saturated rings. The van der Waals surface area contributed by atoms with Gasteiger partial charge in [-0.15, -0.1) is 0 Å². The van der Waals surface area contributed by atoms with E-state index in [4.69, 9.17) is 9.15 Å². The van der Waals surface area contributed by atoms with Gasteiger partial charge in [0.1, 0.15) is 11.2 Å². The van der Waals surface area contributed by atoms with Gasteiger partial charge in [-0.2, -0.15) is 0 Å². The zero-order valence-electron chi connectivity index (χ0n) is 10.6. The fourth-order valence-electron chi connectivity index (χ4n) is 1.32. The molecule has 106 valence electrons. The number of guanidine groups is 1. The molecule has 1 aromatic rings. The Morgan fingerprint density at radius 3 is 3.10 bits per heavy atom. The molecule has 1 aliphatic rings. The van der Waals surface area contributed by atoms with Gasteiger partial charge >= 0.3 is 5.88 Å². The van der Waals surface area contributed by atoms with E-state index in [1.54, 1.807) is 18.5 Å². The molecule has 0 amide bonds. The predicted molar refractivity (Wildman–Crippen MR) is 71.5 cm³/mol. The molecule has 0 bridgehead atoms. The highest BCUT2D eigenvalue weighted by molar-refractivity contribution is 5.84. The van der Waals surface area contributed by atoms with E-state index in [1.807, 2.05) is 6.92 Å². The summed E-state index contributed by atoms with van der Waals surface area (Å²) in [6.45, 7) is 2.44. The van der Waals surface area contributed by atoms with E-state index in [9.17, 15) is 10.1 Å². The molecule has 3 N–H and O–H groups in total. The number of allylic oxidation sites excluding steroid dienone is 1. The number of aliphatic imine (C=N–C) groups is 1. The second kappa shape index (κ2) is 6.27. The lowest BCUT2D eigenvalue weighted by Gasteiger charge is -2.15. The van der Waals surface area contributed by atoms with E-state index in [1.165, 1.54) is 12.1 Å². The van der Waals surface area contributed by atoms with Crippen LogP contribution >= 0.6 is 0 Å². The van der Waals surface area contributed by atoms with Crippen molar-refractivity contribution >= 4 is 17.7 Å². The number of ether oxygens (including phenoxy) is 1. The van der Waals surface area contributed by atoms with E-state index < -0.39 is 4.92 Å². The Hall–Kier alpha value is -2.97. The van der Waals surface area contributed by atoms with E-state index >= 15 is 0 Å². The molecule has 0 unspecified atom stereocenters. The smallest absolute Gasteiger partial charge is 0.434 e. The quantitative estimate of drug-likeness (QED) is 0.424. The Kier molecular flexibility index (Phi) is 4.22. The lowest BCUT2D eigenvalue weighted by atomic mass is 10.4. The van der Waals surface area contributed by atoms with Gasteiger partial charge in [-0.25, -0.2) is 4.99 Å². The maximum atomic E-state index is 10.5. The van der Waals surface area contributed by atoms with Crippen molar-refractivity contribution in [1.82, 2.24) is 10.7 Å². The first-order chi connectivity index (χ1) is 9.69. The average molecular weight is 279 g/mol. The van der Waals surface area contributed by atoms with Crippen molar-refractivity contribution in [2.75, 3.05) is 12.0 Å². The number of nitrogens with zero attached hydrogens (tertiary/aromatic N) is 2. The molecule has 0 saturated heterocycles. The van der Waals surface area contributed by atoms with Crippen molar-refractivity contribution in [2.45, 2.75) is 6.92 Å². The fourth-order valence-corrected chi connectivity index (χ4v) is 1.32. The van der Waals surface area contributed by atoms with Crippen LogP contribution in [0.4, 0.5) is 11.8 Å². The molecule has 0 aromatic carbocycles. The normalized spacial score (nSPS) is 15.4. The van der Waals surface area contributed by atoms with Crippen LogP contribution in [0.25, 0.3) is 0 Å². The number of anilines is 1. The summed E-state index contributed by atoms with van der Waals surface area (Å²) in [5.74, 6) is 0.258. The summed E-state index contributed by atoms with van der Waals surface area (Å²) >= 11 is 0. The highest BCUT2D eigenvalue weighted by Gasteiger charge is 2.12. The average Bonchev–Trinajstić information content (AvgIpc) is 2.92. The summed E-state index contributed by atoms with van der Waals surface area (Å²) in [5.41, 5.74) is 6.09. The summed E-state index contributed by atoms with van der Waals surface area (Å²) in [4.78, 5) is 13.9. The van der Waals surface area contributed by atoms with Crippen molar-refractivity contribution in [3.05, 3.63) is 46.5 Å². The third-order valence-corrected chi connectivity index (χ3v) is 2.17. The Labute approximate surface area is 114 Å². The van der Waals surface area contributed by atoms with Crippen LogP contribution < -0.4 is 16.2 Å². The molecule has 0 radical (unpaired) electrons. The zero-order valence-corrected chi connectivity index (χ0v) is 10.6. The third kappa shape index (κ3) is 3.51. The molecule has 1 aliphatic heterocycles. The number of nitro groups is 1. The van der Waals surface area contributed by atoms with Gasteiger partial charge in [0, 0.05) is 12.3 Å². The van der Waals surface area contributed by atoms with E-state index in [2.05, 4.69) is 21.2 Å². The minimum Gasteiger partial charge on any atom is -0.499 e. The monoisotopic (exact) mass is 279 g/mol. The molecule has 20 heavy (non-hydrogen) atoms. The molecular formula is C11H13N5O4. The fraction of sp³-hybridized carbons (Fsp3) is 0.182. The Balaban J connectivity index is 1.89. The largest absolute Gasteiger partial charge is 0.499 e. The van der Waals surface area contributed by atoms with Crippen molar-refractivity contribution in [3.63, 3.8) is 0 Å². The van der Waals surface area contributed by atoms with Gasteiger partial charge in [-0.05, 0) is 13.0 Å².